The van der Waals surface area contributed by atoms with Gasteiger partial charge < -0.3 is 10.2 Å². The summed E-state index contributed by atoms with van der Waals surface area (Å²) in [6, 6.07) is 7.28. The Balaban J connectivity index is 3.17. The van der Waals surface area contributed by atoms with Crippen LogP contribution < -0.4 is 10.2 Å². The molecule has 0 amide bonds. The van der Waals surface area contributed by atoms with Crippen molar-refractivity contribution in [2.45, 2.75) is 53.1 Å². The molecule has 0 heterocycles. The smallest absolute Gasteiger partial charge is 0.0415 e. The second-order valence-corrected chi connectivity index (χ2v) is 6.74. The fourth-order valence-electron chi connectivity index (χ4n) is 2.73. The predicted octanol–water partition coefficient (Wildman–Crippen LogP) is 4.82. The highest BCUT2D eigenvalue weighted by Gasteiger charge is 2.19. The fourth-order valence-corrected chi connectivity index (χ4v) is 3.14. The van der Waals surface area contributed by atoms with Crippen LogP contribution in [0, 0.1) is 5.92 Å². The lowest BCUT2D eigenvalue weighted by molar-refractivity contribution is 0.506. The maximum atomic E-state index is 3.59. The molecule has 0 aliphatic rings. The van der Waals surface area contributed by atoms with Crippen LogP contribution in [-0.4, -0.2) is 19.6 Å². The second kappa shape index (κ2) is 8.68. The molecule has 0 radical (unpaired) electrons. The SMILES string of the molecule is CCC(CC)N(CC(C)C)c1ccc(Br)cc1CNC. The third-order valence-corrected chi connectivity index (χ3v) is 4.16. The van der Waals surface area contributed by atoms with Gasteiger partial charge in [-0.05, 0) is 49.6 Å². The maximum Gasteiger partial charge on any atom is 0.0415 e. The summed E-state index contributed by atoms with van der Waals surface area (Å²) in [5, 5.41) is 3.29. The van der Waals surface area contributed by atoms with Crippen LogP contribution in [0.5, 0.6) is 0 Å². The molecule has 0 spiro atoms. The Bertz CT molecular complexity index is 400. The van der Waals surface area contributed by atoms with Crippen LogP contribution in [0.25, 0.3) is 0 Å². The van der Waals surface area contributed by atoms with E-state index in [-0.39, 0.29) is 0 Å². The molecular weight excluding hydrogens is 312 g/mol. The predicted molar refractivity (Wildman–Crippen MR) is 93.5 cm³/mol. The molecule has 0 fully saturated rings. The molecule has 2 nitrogen and oxygen atoms in total. The van der Waals surface area contributed by atoms with E-state index in [0.717, 1.165) is 17.6 Å². The average molecular weight is 341 g/mol. The number of hydrogen-bond acceptors (Lipinski definition) is 2. The summed E-state index contributed by atoms with van der Waals surface area (Å²) in [5.74, 6) is 0.668. The number of anilines is 1. The molecule has 0 bridgehead atoms. The number of hydrogen-bond donors (Lipinski definition) is 1. The lowest BCUT2D eigenvalue weighted by atomic mass is 10.0. The van der Waals surface area contributed by atoms with Gasteiger partial charge in [-0.1, -0.05) is 43.6 Å². The lowest BCUT2D eigenvalue weighted by Crippen LogP contribution is -2.38. The molecule has 0 aliphatic carbocycles. The molecule has 0 atom stereocenters. The monoisotopic (exact) mass is 340 g/mol. The van der Waals surface area contributed by atoms with Gasteiger partial charge in [-0.15, -0.1) is 0 Å². The zero-order valence-corrected chi connectivity index (χ0v) is 15.1. The van der Waals surface area contributed by atoms with Crippen molar-refractivity contribution in [3.05, 3.63) is 28.2 Å². The first-order chi connectivity index (χ1) is 9.53. The van der Waals surface area contributed by atoms with Crippen LogP contribution in [0.1, 0.15) is 46.1 Å². The highest BCUT2D eigenvalue weighted by molar-refractivity contribution is 9.10. The molecule has 1 N–H and O–H groups in total. The summed E-state index contributed by atoms with van der Waals surface area (Å²) in [4.78, 5) is 2.60. The van der Waals surface area contributed by atoms with Gasteiger partial charge in [0.15, 0.2) is 0 Å². The van der Waals surface area contributed by atoms with Crippen molar-refractivity contribution < 1.29 is 0 Å². The van der Waals surface area contributed by atoms with E-state index in [1.807, 2.05) is 7.05 Å². The Morgan fingerprint density at radius 2 is 1.85 bits per heavy atom. The van der Waals surface area contributed by atoms with Crippen LogP contribution in [0.4, 0.5) is 5.69 Å². The third-order valence-electron chi connectivity index (χ3n) is 3.66. The first-order valence-electron chi connectivity index (χ1n) is 7.73. The lowest BCUT2D eigenvalue weighted by Gasteiger charge is -2.35. The van der Waals surface area contributed by atoms with Gasteiger partial charge in [-0.2, -0.15) is 0 Å². The molecule has 0 aromatic heterocycles. The Labute approximate surface area is 133 Å². The minimum atomic E-state index is 0.620. The van der Waals surface area contributed by atoms with E-state index in [0.29, 0.717) is 12.0 Å². The van der Waals surface area contributed by atoms with Gasteiger partial charge in [0.1, 0.15) is 0 Å². The fraction of sp³-hybridized carbons (Fsp3) is 0.647. The number of nitrogens with zero attached hydrogens (tertiary/aromatic N) is 1. The van der Waals surface area contributed by atoms with Crippen molar-refractivity contribution in [3.8, 4) is 0 Å². The van der Waals surface area contributed by atoms with E-state index < -0.39 is 0 Å². The van der Waals surface area contributed by atoms with Crippen molar-refractivity contribution in [2.24, 2.45) is 5.92 Å². The van der Waals surface area contributed by atoms with Gasteiger partial charge >= 0.3 is 0 Å². The van der Waals surface area contributed by atoms with E-state index in [1.165, 1.54) is 24.1 Å². The van der Waals surface area contributed by atoms with Crippen LogP contribution in [0.3, 0.4) is 0 Å². The number of halogens is 1. The number of benzene rings is 1. The van der Waals surface area contributed by atoms with E-state index in [4.69, 9.17) is 0 Å². The van der Waals surface area contributed by atoms with Crippen molar-refractivity contribution in [1.82, 2.24) is 5.32 Å². The Hall–Kier alpha value is -0.540. The van der Waals surface area contributed by atoms with Crippen LogP contribution in [0.15, 0.2) is 22.7 Å². The summed E-state index contributed by atoms with van der Waals surface area (Å²) in [5.41, 5.74) is 2.75. The van der Waals surface area contributed by atoms with E-state index in [1.54, 1.807) is 0 Å². The zero-order valence-electron chi connectivity index (χ0n) is 13.5. The Morgan fingerprint density at radius 3 is 2.35 bits per heavy atom. The molecule has 3 heteroatoms. The van der Waals surface area contributed by atoms with Gasteiger partial charge in [0.05, 0.1) is 0 Å². The quantitative estimate of drug-likeness (QED) is 0.729. The van der Waals surface area contributed by atoms with E-state index in [9.17, 15) is 0 Å². The minimum absolute atomic E-state index is 0.620. The second-order valence-electron chi connectivity index (χ2n) is 5.82. The van der Waals surface area contributed by atoms with Gasteiger partial charge in [0.25, 0.3) is 0 Å². The van der Waals surface area contributed by atoms with Crippen molar-refractivity contribution in [3.63, 3.8) is 0 Å². The summed E-state index contributed by atoms with van der Waals surface area (Å²) < 4.78 is 1.15. The Kier molecular flexibility index (Phi) is 7.60. The Morgan fingerprint density at radius 1 is 1.20 bits per heavy atom. The van der Waals surface area contributed by atoms with Crippen LogP contribution >= 0.6 is 15.9 Å². The zero-order chi connectivity index (χ0) is 15.1. The molecule has 0 saturated heterocycles. The standard InChI is InChI=1S/C17H29BrN2/c1-6-16(7-2)20(12-13(3)4)17-9-8-15(18)10-14(17)11-19-5/h8-10,13,16,19H,6-7,11-12H2,1-5H3. The number of rotatable bonds is 8. The average Bonchev–Trinajstić information content (AvgIpc) is 2.39. The summed E-state index contributed by atoms with van der Waals surface area (Å²) in [6.07, 6.45) is 2.39. The highest BCUT2D eigenvalue weighted by Crippen LogP contribution is 2.28. The summed E-state index contributed by atoms with van der Waals surface area (Å²) in [7, 11) is 2.01. The third kappa shape index (κ3) is 4.78. The molecule has 0 aliphatic heterocycles. The summed E-state index contributed by atoms with van der Waals surface area (Å²) >= 11 is 3.59. The first-order valence-corrected chi connectivity index (χ1v) is 8.52. The van der Waals surface area contributed by atoms with Gasteiger partial charge in [-0.3, -0.25) is 0 Å². The van der Waals surface area contributed by atoms with Crippen LogP contribution in [-0.2, 0) is 6.54 Å². The molecule has 1 aromatic carbocycles. The topological polar surface area (TPSA) is 15.3 Å². The highest BCUT2D eigenvalue weighted by atomic mass is 79.9. The van der Waals surface area contributed by atoms with E-state index >= 15 is 0 Å². The summed E-state index contributed by atoms with van der Waals surface area (Å²) in [6.45, 7) is 11.2. The first kappa shape index (κ1) is 17.5. The number of nitrogens with one attached hydrogen (secondary N) is 1. The van der Waals surface area contributed by atoms with E-state index in [2.05, 4.69) is 72.0 Å². The van der Waals surface area contributed by atoms with Crippen molar-refractivity contribution in [2.75, 3.05) is 18.5 Å². The molecular formula is C17H29BrN2. The molecule has 1 aromatic rings. The normalized spacial score (nSPS) is 11.4. The maximum absolute atomic E-state index is 3.59. The van der Waals surface area contributed by atoms with Crippen LogP contribution in [0.2, 0.25) is 0 Å². The molecule has 114 valence electrons. The van der Waals surface area contributed by atoms with Crippen molar-refractivity contribution in [1.29, 1.82) is 0 Å². The van der Waals surface area contributed by atoms with Gasteiger partial charge in [0, 0.05) is 29.3 Å². The molecule has 20 heavy (non-hydrogen) atoms. The van der Waals surface area contributed by atoms with Gasteiger partial charge in [-0.25, -0.2) is 0 Å². The van der Waals surface area contributed by atoms with Crippen molar-refractivity contribution >= 4 is 21.6 Å². The largest absolute Gasteiger partial charge is 0.368 e. The molecule has 0 saturated carbocycles. The minimum Gasteiger partial charge on any atom is -0.368 e. The van der Waals surface area contributed by atoms with Gasteiger partial charge in [0.2, 0.25) is 0 Å². The molecule has 1 rings (SSSR count). The molecule has 0 unspecified atom stereocenters.